The maximum atomic E-state index is 13.2. The van der Waals surface area contributed by atoms with E-state index in [4.69, 9.17) is 0 Å². The second-order valence-electron chi connectivity index (χ2n) is 7.82. The molecule has 0 aliphatic carbocycles. The predicted molar refractivity (Wildman–Crippen MR) is 96.8 cm³/mol. The molecule has 4 heteroatoms. The van der Waals surface area contributed by atoms with Crippen LogP contribution in [0.3, 0.4) is 0 Å². The van der Waals surface area contributed by atoms with Gasteiger partial charge in [0.1, 0.15) is 0 Å². The molecular formula is C20H31N3O. The first kappa shape index (κ1) is 17.4. The van der Waals surface area contributed by atoms with Crippen molar-refractivity contribution in [2.75, 3.05) is 32.7 Å². The van der Waals surface area contributed by atoms with Crippen molar-refractivity contribution < 1.29 is 4.79 Å². The third-order valence-corrected chi connectivity index (χ3v) is 5.54. The SMILES string of the molecule is CC(C)CCN1CC(C(=O)N2CCCCC2)[C@@H](c2ccncc2)C1. The molecule has 1 aromatic heterocycles. The van der Waals surface area contributed by atoms with Crippen LogP contribution in [0.25, 0.3) is 0 Å². The molecule has 0 radical (unpaired) electrons. The summed E-state index contributed by atoms with van der Waals surface area (Å²) in [6.45, 7) is 9.45. The van der Waals surface area contributed by atoms with E-state index in [2.05, 4.69) is 40.8 Å². The third kappa shape index (κ3) is 4.15. The number of hydrogen-bond acceptors (Lipinski definition) is 3. The van der Waals surface area contributed by atoms with Gasteiger partial charge in [0.05, 0.1) is 5.92 Å². The third-order valence-electron chi connectivity index (χ3n) is 5.54. The molecule has 1 unspecified atom stereocenters. The fraction of sp³-hybridized carbons (Fsp3) is 0.700. The van der Waals surface area contributed by atoms with Gasteiger partial charge < -0.3 is 9.80 Å². The number of pyridine rings is 1. The van der Waals surface area contributed by atoms with Gasteiger partial charge in [-0.1, -0.05) is 13.8 Å². The highest BCUT2D eigenvalue weighted by Crippen LogP contribution is 2.34. The first-order valence-corrected chi connectivity index (χ1v) is 9.56. The molecule has 2 fully saturated rings. The van der Waals surface area contributed by atoms with Crippen molar-refractivity contribution in [3.63, 3.8) is 0 Å². The highest BCUT2D eigenvalue weighted by Gasteiger charge is 2.40. The number of amides is 1. The fourth-order valence-electron chi connectivity index (χ4n) is 4.06. The summed E-state index contributed by atoms with van der Waals surface area (Å²) in [6.07, 6.45) is 8.50. The highest BCUT2D eigenvalue weighted by molar-refractivity contribution is 5.80. The summed E-state index contributed by atoms with van der Waals surface area (Å²) in [5, 5.41) is 0. The minimum atomic E-state index is 0.109. The van der Waals surface area contributed by atoms with Gasteiger partial charge in [-0.2, -0.15) is 0 Å². The molecule has 1 amide bonds. The average Bonchev–Trinajstić information content (AvgIpc) is 3.05. The van der Waals surface area contributed by atoms with Crippen LogP contribution in [0.5, 0.6) is 0 Å². The molecule has 0 aromatic carbocycles. The van der Waals surface area contributed by atoms with E-state index in [0.717, 1.165) is 45.6 Å². The van der Waals surface area contributed by atoms with Crippen LogP contribution in [-0.2, 0) is 4.79 Å². The smallest absolute Gasteiger partial charge is 0.227 e. The van der Waals surface area contributed by atoms with Gasteiger partial charge >= 0.3 is 0 Å². The van der Waals surface area contributed by atoms with Gasteiger partial charge in [0.2, 0.25) is 5.91 Å². The molecule has 3 rings (SSSR count). The lowest BCUT2D eigenvalue weighted by Crippen LogP contribution is -2.41. The zero-order valence-electron chi connectivity index (χ0n) is 15.2. The maximum Gasteiger partial charge on any atom is 0.227 e. The highest BCUT2D eigenvalue weighted by atomic mass is 16.2. The minimum absolute atomic E-state index is 0.109. The lowest BCUT2D eigenvalue weighted by Gasteiger charge is -2.31. The Bertz CT molecular complexity index is 525. The van der Waals surface area contributed by atoms with Crippen LogP contribution >= 0.6 is 0 Å². The van der Waals surface area contributed by atoms with Gasteiger partial charge in [0, 0.05) is 44.5 Å². The fourth-order valence-corrected chi connectivity index (χ4v) is 4.06. The first-order chi connectivity index (χ1) is 11.6. The summed E-state index contributed by atoms with van der Waals surface area (Å²) in [7, 11) is 0. The topological polar surface area (TPSA) is 36.4 Å². The van der Waals surface area contributed by atoms with Gasteiger partial charge in [-0.15, -0.1) is 0 Å². The summed E-state index contributed by atoms with van der Waals surface area (Å²) in [4.78, 5) is 21.9. The van der Waals surface area contributed by atoms with E-state index in [1.54, 1.807) is 0 Å². The van der Waals surface area contributed by atoms with Crippen LogP contribution in [0.2, 0.25) is 0 Å². The summed E-state index contributed by atoms with van der Waals surface area (Å²) in [5.74, 6) is 1.51. The van der Waals surface area contributed by atoms with Crippen LogP contribution in [0.15, 0.2) is 24.5 Å². The van der Waals surface area contributed by atoms with Gasteiger partial charge in [-0.25, -0.2) is 0 Å². The molecule has 1 aromatic rings. The Morgan fingerprint density at radius 1 is 1.17 bits per heavy atom. The number of carbonyl (C=O) groups is 1. The van der Waals surface area contributed by atoms with Crippen molar-refractivity contribution in [3.05, 3.63) is 30.1 Å². The molecule has 2 aliphatic heterocycles. The number of aromatic nitrogens is 1. The predicted octanol–water partition coefficient (Wildman–Crippen LogP) is 3.16. The molecule has 0 N–H and O–H groups in total. The van der Waals surface area contributed by atoms with Crippen LogP contribution in [0.1, 0.15) is 51.0 Å². The van der Waals surface area contributed by atoms with Crippen molar-refractivity contribution in [2.45, 2.75) is 45.4 Å². The first-order valence-electron chi connectivity index (χ1n) is 9.56. The van der Waals surface area contributed by atoms with E-state index < -0.39 is 0 Å². The molecule has 2 saturated heterocycles. The van der Waals surface area contributed by atoms with Crippen molar-refractivity contribution >= 4 is 5.91 Å². The second-order valence-corrected chi connectivity index (χ2v) is 7.82. The van der Waals surface area contributed by atoms with Crippen LogP contribution in [0.4, 0.5) is 0 Å². The molecule has 0 spiro atoms. The van der Waals surface area contributed by atoms with E-state index >= 15 is 0 Å². The van der Waals surface area contributed by atoms with Crippen LogP contribution in [-0.4, -0.2) is 53.4 Å². The number of rotatable bonds is 5. The summed E-state index contributed by atoms with van der Waals surface area (Å²) in [5.41, 5.74) is 1.27. The normalized spacial score (nSPS) is 25.4. The Labute approximate surface area is 146 Å². The zero-order valence-corrected chi connectivity index (χ0v) is 15.2. The Morgan fingerprint density at radius 3 is 2.54 bits per heavy atom. The van der Waals surface area contributed by atoms with Crippen molar-refractivity contribution in [3.8, 4) is 0 Å². The van der Waals surface area contributed by atoms with E-state index in [-0.39, 0.29) is 5.92 Å². The van der Waals surface area contributed by atoms with Crippen LogP contribution < -0.4 is 0 Å². The Morgan fingerprint density at radius 2 is 1.88 bits per heavy atom. The molecule has 24 heavy (non-hydrogen) atoms. The largest absolute Gasteiger partial charge is 0.342 e. The minimum Gasteiger partial charge on any atom is -0.342 e. The van der Waals surface area contributed by atoms with E-state index in [1.165, 1.54) is 18.4 Å². The summed E-state index contributed by atoms with van der Waals surface area (Å²) in [6, 6.07) is 4.18. The molecule has 4 nitrogen and oxygen atoms in total. The van der Waals surface area contributed by atoms with E-state index in [9.17, 15) is 4.79 Å². The maximum absolute atomic E-state index is 13.2. The molecular weight excluding hydrogens is 298 g/mol. The summed E-state index contributed by atoms with van der Waals surface area (Å²) < 4.78 is 0. The molecule has 2 aliphatic rings. The number of nitrogens with zero attached hydrogens (tertiary/aromatic N) is 3. The summed E-state index contributed by atoms with van der Waals surface area (Å²) >= 11 is 0. The Hall–Kier alpha value is -1.42. The van der Waals surface area contributed by atoms with Gasteiger partial charge in [-0.05, 0) is 55.8 Å². The lowest BCUT2D eigenvalue weighted by atomic mass is 9.88. The molecule has 0 bridgehead atoms. The molecule has 3 heterocycles. The standard InChI is InChI=1S/C20H31N3O/c1-16(2)8-13-22-14-18(17-6-9-21-10-7-17)19(15-22)20(24)23-11-4-3-5-12-23/h6-7,9-10,16,18-19H,3-5,8,11-15H2,1-2H3/t18-,19?/m1/s1. The van der Waals surface area contributed by atoms with E-state index in [1.807, 2.05) is 12.4 Å². The average molecular weight is 329 g/mol. The number of carbonyl (C=O) groups excluding carboxylic acids is 1. The monoisotopic (exact) mass is 329 g/mol. The zero-order chi connectivity index (χ0) is 16.9. The van der Waals surface area contributed by atoms with Crippen LogP contribution in [0, 0.1) is 11.8 Å². The Kier molecular flexibility index (Phi) is 5.88. The van der Waals surface area contributed by atoms with Gasteiger partial charge in [-0.3, -0.25) is 9.78 Å². The molecule has 2 atom stereocenters. The van der Waals surface area contributed by atoms with Gasteiger partial charge in [0.15, 0.2) is 0 Å². The van der Waals surface area contributed by atoms with Crippen molar-refractivity contribution in [1.29, 1.82) is 0 Å². The quantitative estimate of drug-likeness (QED) is 0.832. The molecule has 132 valence electrons. The molecule has 0 saturated carbocycles. The Balaban J connectivity index is 1.73. The van der Waals surface area contributed by atoms with Gasteiger partial charge in [0.25, 0.3) is 0 Å². The second kappa shape index (κ2) is 8.11. The lowest BCUT2D eigenvalue weighted by molar-refractivity contribution is -0.136. The number of hydrogen-bond donors (Lipinski definition) is 0. The van der Waals surface area contributed by atoms with Crippen molar-refractivity contribution in [1.82, 2.24) is 14.8 Å². The van der Waals surface area contributed by atoms with Crippen molar-refractivity contribution in [2.24, 2.45) is 11.8 Å². The van der Waals surface area contributed by atoms with E-state index in [0.29, 0.717) is 17.7 Å². The number of piperidine rings is 1. The number of likely N-dealkylation sites (tertiary alicyclic amines) is 2.